The van der Waals surface area contributed by atoms with Gasteiger partial charge in [0.2, 0.25) is 0 Å². The molecule has 1 aromatic rings. The first-order valence-electron chi connectivity index (χ1n) is 5.48. The highest BCUT2D eigenvalue weighted by Gasteiger charge is 2.08. The average molecular weight is 206 g/mol. The largest absolute Gasteiger partial charge is 0.398 e. The lowest BCUT2D eigenvalue weighted by atomic mass is 9.92. The fourth-order valence-electron chi connectivity index (χ4n) is 1.33. The predicted molar refractivity (Wildman–Crippen MR) is 68.2 cm³/mol. The van der Waals surface area contributed by atoms with Gasteiger partial charge in [-0.25, -0.2) is 0 Å². The summed E-state index contributed by atoms with van der Waals surface area (Å²) in [5.41, 5.74) is 9.32. The third-order valence-corrected chi connectivity index (χ3v) is 2.48. The third-order valence-electron chi connectivity index (χ3n) is 2.48. The van der Waals surface area contributed by atoms with E-state index in [0.29, 0.717) is 5.41 Å². The van der Waals surface area contributed by atoms with Crippen molar-refractivity contribution in [1.82, 2.24) is 0 Å². The fourth-order valence-corrected chi connectivity index (χ4v) is 1.33. The van der Waals surface area contributed by atoms with Gasteiger partial charge >= 0.3 is 0 Å². The molecular weight excluding hydrogens is 184 g/mol. The van der Waals surface area contributed by atoms with Gasteiger partial charge in [0.25, 0.3) is 0 Å². The molecular formula is C13H22N2. The average Bonchev–Trinajstić information content (AvgIpc) is 2.09. The molecule has 0 heterocycles. The number of anilines is 2. The zero-order chi connectivity index (χ0) is 11.5. The Balaban J connectivity index is 2.48. The van der Waals surface area contributed by atoms with Crippen LogP contribution in [-0.4, -0.2) is 6.54 Å². The zero-order valence-corrected chi connectivity index (χ0v) is 10.2. The maximum atomic E-state index is 5.84. The number of nitrogens with two attached hydrogens (primary N) is 1. The summed E-state index contributed by atoms with van der Waals surface area (Å²) in [6.45, 7) is 9.76. The van der Waals surface area contributed by atoms with E-state index < -0.39 is 0 Å². The Bertz CT molecular complexity index is 324. The molecule has 0 spiro atoms. The van der Waals surface area contributed by atoms with Crippen molar-refractivity contribution in [2.24, 2.45) is 5.41 Å². The second-order valence-electron chi connectivity index (χ2n) is 5.31. The van der Waals surface area contributed by atoms with Gasteiger partial charge in [-0.15, -0.1) is 0 Å². The Morgan fingerprint density at radius 1 is 1.27 bits per heavy atom. The molecule has 1 rings (SSSR count). The van der Waals surface area contributed by atoms with Crippen LogP contribution >= 0.6 is 0 Å². The van der Waals surface area contributed by atoms with Crippen molar-refractivity contribution < 1.29 is 0 Å². The molecule has 3 N–H and O–H groups in total. The van der Waals surface area contributed by atoms with E-state index in [1.807, 2.05) is 13.0 Å². The van der Waals surface area contributed by atoms with E-state index in [-0.39, 0.29) is 0 Å². The quantitative estimate of drug-likeness (QED) is 0.744. The van der Waals surface area contributed by atoms with Gasteiger partial charge in [-0.05, 0) is 36.5 Å². The number of hydrogen-bond donors (Lipinski definition) is 2. The molecule has 1 aromatic carbocycles. The SMILES string of the molecule is Cc1ccc(NCCC(C)(C)C)cc1N. The smallest absolute Gasteiger partial charge is 0.0364 e. The first-order valence-corrected chi connectivity index (χ1v) is 5.48. The van der Waals surface area contributed by atoms with Gasteiger partial charge in [0.1, 0.15) is 0 Å². The normalized spacial score (nSPS) is 11.5. The van der Waals surface area contributed by atoms with Crippen LogP contribution < -0.4 is 11.1 Å². The molecule has 0 fully saturated rings. The van der Waals surface area contributed by atoms with Crippen LogP contribution in [-0.2, 0) is 0 Å². The summed E-state index contributed by atoms with van der Waals surface area (Å²) in [5, 5.41) is 3.39. The van der Waals surface area contributed by atoms with Crippen LogP contribution in [0, 0.1) is 12.3 Å². The number of nitrogen functional groups attached to an aromatic ring is 1. The molecule has 0 aliphatic carbocycles. The number of aryl methyl sites for hydroxylation is 1. The minimum atomic E-state index is 0.378. The van der Waals surface area contributed by atoms with Crippen LogP contribution in [0.15, 0.2) is 18.2 Å². The van der Waals surface area contributed by atoms with Crippen molar-refractivity contribution in [3.63, 3.8) is 0 Å². The number of benzene rings is 1. The van der Waals surface area contributed by atoms with Crippen molar-refractivity contribution in [2.75, 3.05) is 17.6 Å². The van der Waals surface area contributed by atoms with Crippen molar-refractivity contribution in [2.45, 2.75) is 34.1 Å². The summed E-state index contributed by atoms with van der Waals surface area (Å²) in [6.07, 6.45) is 1.15. The van der Waals surface area contributed by atoms with E-state index in [4.69, 9.17) is 5.73 Å². The van der Waals surface area contributed by atoms with Crippen LogP contribution in [0.5, 0.6) is 0 Å². The van der Waals surface area contributed by atoms with Gasteiger partial charge in [-0.1, -0.05) is 26.8 Å². The molecule has 0 atom stereocenters. The Hall–Kier alpha value is -1.18. The molecule has 0 unspecified atom stereocenters. The van der Waals surface area contributed by atoms with Gasteiger partial charge in [-0.3, -0.25) is 0 Å². The second-order valence-corrected chi connectivity index (χ2v) is 5.31. The number of hydrogen-bond acceptors (Lipinski definition) is 2. The van der Waals surface area contributed by atoms with Crippen LogP contribution in [0.3, 0.4) is 0 Å². The summed E-state index contributed by atoms with van der Waals surface area (Å²) in [4.78, 5) is 0. The number of rotatable bonds is 3. The Kier molecular flexibility index (Phi) is 3.61. The lowest BCUT2D eigenvalue weighted by Gasteiger charge is -2.18. The maximum Gasteiger partial charge on any atom is 0.0364 e. The van der Waals surface area contributed by atoms with Crippen LogP contribution in [0.25, 0.3) is 0 Å². The molecule has 2 heteroatoms. The highest BCUT2D eigenvalue weighted by Crippen LogP contribution is 2.20. The molecule has 84 valence electrons. The van der Waals surface area contributed by atoms with Crippen molar-refractivity contribution in [1.29, 1.82) is 0 Å². The summed E-state index contributed by atoms with van der Waals surface area (Å²) < 4.78 is 0. The minimum Gasteiger partial charge on any atom is -0.398 e. The van der Waals surface area contributed by atoms with Crippen LogP contribution in [0.4, 0.5) is 11.4 Å². The van der Waals surface area contributed by atoms with E-state index in [9.17, 15) is 0 Å². The second kappa shape index (κ2) is 4.56. The van der Waals surface area contributed by atoms with Crippen molar-refractivity contribution >= 4 is 11.4 Å². The summed E-state index contributed by atoms with van der Waals surface area (Å²) in [6, 6.07) is 6.13. The summed E-state index contributed by atoms with van der Waals surface area (Å²) in [5.74, 6) is 0. The van der Waals surface area contributed by atoms with Crippen molar-refractivity contribution in [3.05, 3.63) is 23.8 Å². The van der Waals surface area contributed by atoms with E-state index in [2.05, 4.69) is 38.2 Å². The van der Waals surface area contributed by atoms with E-state index >= 15 is 0 Å². The van der Waals surface area contributed by atoms with Gasteiger partial charge in [0.15, 0.2) is 0 Å². The van der Waals surface area contributed by atoms with E-state index in [1.54, 1.807) is 0 Å². The minimum absolute atomic E-state index is 0.378. The molecule has 0 aliphatic heterocycles. The monoisotopic (exact) mass is 206 g/mol. The highest BCUT2D eigenvalue weighted by atomic mass is 14.9. The van der Waals surface area contributed by atoms with E-state index in [0.717, 1.165) is 29.9 Å². The Labute approximate surface area is 92.9 Å². The van der Waals surface area contributed by atoms with Crippen LogP contribution in [0.1, 0.15) is 32.8 Å². The molecule has 0 saturated heterocycles. The van der Waals surface area contributed by atoms with Gasteiger partial charge < -0.3 is 11.1 Å². The van der Waals surface area contributed by atoms with Gasteiger partial charge in [-0.2, -0.15) is 0 Å². The molecule has 15 heavy (non-hydrogen) atoms. The van der Waals surface area contributed by atoms with Crippen LogP contribution in [0.2, 0.25) is 0 Å². The Morgan fingerprint density at radius 3 is 2.47 bits per heavy atom. The molecule has 0 radical (unpaired) electrons. The predicted octanol–water partition coefficient (Wildman–Crippen LogP) is 3.43. The van der Waals surface area contributed by atoms with E-state index in [1.165, 1.54) is 0 Å². The lowest BCUT2D eigenvalue weighted by Crippen LogP contribution is -2.12. The Morgan fingerprint density at radius 2 is 1.93 bits per heavy atom. The number of nitrogens with one attached hydrogen (secondary N) is 1. The first-order chi connectivity index (χ1) is 6.88. The molecule has 0 bridgehead atoms. The van der Waals surface area contributed by atoms with Gasteiger partial charge in [0, 0.05) is 17.9 Å². The summed E-state index contributed by atoms with van der Waals surface area (Å²) >= 11 is 0. The molecule has 0 amide bonds. The third kappa shape index (κ3) is 4.24. The zero-order valence-electron chi connectivity index (χ0n) is 10.2. The summed E-state index contributed by atoms with van der Waals surface area (Å²) in [7, 11) is 0. The molecule has 0 saturated carbocycles. The van der Waals surface area contributed by atoms with Gasteiger partial charge in [0.05, 0.1) is 0 Å². The van der Waals surface area contributed by atoms with Crippen molar-refractivity contribution in [3.8, 4) is 0 Å². The molecule has 0 aliphatic rings. The first kappa shape index (κ1) is 11.9. The topological polar surface area (TPSA) is 38.0 Å². The highest BCUT2D eigenvalue weighted by molar-refractivity contribution is 5.58. The molecule has 0 aromatic heterocycles. The maximum absolute atomic E-state index is 5.84. The standard InChI is InChI=1S/C13H22N2/c1-10-5-6-11(9-12(10)14)15-8-7-13(2,3)4/h5-6,9,15H,7-8,14H2,1-4H3. The lowest BCUT2D eigenvalue weighted by molar-refractivity contribution is 0.390. The molecule has 2 nitrogen and oxygen atoms in total. The fraction of sp³-hybridized carbons (Fsp3) is 0.538.